The van der Waals surface area contributed by atoms with E-state index in [2.05, 4.69) is 17.4 Å². The van der Waals surface area contributed by atoms with E-state index in [0.29, 0.717) is 12.2 Å². The lowest BCUT2D eigenvalue weighted by Gasteiger charge is -2.07. The van der Waals surface area contributed by atoms with E-state index in [1.807, 2.05) is 18.2 Å². The number of aryl methyl sites for hydroxylation is 1. The topological polar surface area (TPSA) is 75.3 Å². The van der Waals surface area contributed by atoms with Crippen molar-refractivity contribution in [1.29, 1.82) is 0 Å². The van der Waals surface area contributed by atoms with Crippen LogP contribution in [0.3, 0.4) is 0 Å². The normalized spacial score (nSPS) is 10.2. The van der Waals surface area contributed by atoms with E-state index >= 15 is 0 Å². The molecule has 0 unspecified atom stereocenters. The molecule has 0 saturated heterocycles. The van der Waals surface area contributed by atoms with Crippen molar-refractivity contribution in [1.82, 2.24) is 5.32 Å². The van der Waals surface area contributed by atoms with Crippen LogP contribution < -0.4 is 11.1 Å². The Balaban J connectivity index is 1.82. The Kier molecular flexibility index (Phi) is 4.60. The van der Waals surface area contributed by atoms with Crippen LogP contribution in [0.1, 0.15) is 22.3 Å². The molecule has 0 saturated carbocycles. The molecule has 0 bridgehead atoms. The molecule has 0 heterocycles. The van der Waals surface area contributed by atoms with Gasteiger partial charge in [-0.1, -0.05) is 30.3 Å². The van der Waals surface area contributed by atoms with Crippen LogP contribution in [0, 0.1) is 0 Å². The summed E-state index contributed by atoms with van der Waals surface area (Å²) in [4.78, 5) is 11.9. The van der Waals surface area contributed by atoms with Crippen LogP contribution in [0.15, 0.2) is 48.5 Å². The van der Waals surface area contributed by atoms with E-state index in [1.54, 1.807) is 6.07 Å². The summed E-state index contributed by atoms with van der Waals surface area (Å²) in [5.41, 5.74) is 7.52. The van der Waals surface area contributed by atoms with Gasteiger partial charge in [0.05, 0.1) is 5.56 Å². The molecule has 0 fully saturated rings. The van der Waals surface area contributed by atoms with Crippen LogP contribution in [0.25, 0.3) is 0 Å². The summed E-state index contributed by atoms with van der Waals surface area (Å²) < 4.78 is 0. The summed E-state index contributed by atoms with van der Waals surface area (Å²) >= 11 is 0. The molecule has 2 aromatic carbocycles. The molecule has 0 aliphatic rings. The Morgan fingerprint density at radius 2 is 1.90 bits per heavy atom. The predicted molar refractivity (Wildman–Crippen MR) is 79.6 cm³/mol. The Labute approximate surface area is 118 Å². The molecule has 0 aliphatic carbocycles. The van der Waals surface area contributed by atoms with Crippen molar-refractivity contribution in [3.63, 3.8) is 0 Å². The summed E-state index contributed by atoms with van der Waals surface area (Å²) in [6.07, 6.45) is 1.75. The summed E-state index contributed by atoms with van der Waals surface area (Å²) in [7, 11) is 0. The first-order chi connectivity index (χ1) is 9.66. The van der Waals surface area contributed by atoms with Gasteiger partial charge in [-0.25, -0.2) is 0 Å². The van der Waals surface area contributed by atoms with Gasteiger partial charge >= 0.3 is 0 Å². The number of phenolic OH excluding ortho intramolecular Hbond substituents is 1. The number of benzene rings is 2. The lowest BCUT2D eigenvalue weighted by molar-refractivity contribution is 0.0950. The SMILES string of the molecule is Nc1ccc(O)c(C(=O)NCCCc2ccccc2)c1. The fraction of sp³-hybridized carbons (Fsp3) is 0.188. The van der Waals surface area contributed by atoms with Gasteiger partial charge in [-0.05, 0) is 36.6 Å². The Morgan fingerprint density at radius 3 is 2.65 bits per heavy atom. The highest BCUT2D eigenvalue weighted by atomic mass is 16.3. The molecule has 4 nitrogen and oxygen atoms in total. The van der Waals surface area contributed by atoms with Crippen LogP contribution in [-0.2, 0) is 6.42 Å². The molecule has 0 spiro atoms. The lowest BCUT2D eigenvalue weighted by atomic mass is 10.1. The van der Waals surface area contributed by atoms with Crippen molar-refractivity contribution in [3.8, 4) is 5.75 Å². The van der Waals surface area contributed by atoms with Crippen LogP contribution in [0.2, 0.25) is 0 Å². The van der Waals surface area contributed by atoms with Gasteiger partial charge in [0.1, 0.15) is 5.75 Å². The van der Waals surface area contributed by atoms with Crippen LogP contribution in [0.5, 0.6) is 5.75 Å². The molecule has 4 N–H and O–H groups in total. The maximum atomic E-state index is 11.9. The summed E-state index contributed by atoms with van der Waals surface area (Å²) in [5, 5.41) is 12.4. The number of aromatic hydroxyl groups is 1. The van der Waals surface area contributed by atoms with Gasteiger partial charge in [-0.15, -0.1) is 0 Å². The highest BCUT2D eigenvalue weighted by molar-refractivity contribution is 5.97. The molecule has 0 aliphatic heterocycles. The molecule has 4 heteroatoms. The second-order valence-electron chi connectivity index (χ2n) is 4.62. The predicted octanol–water partition coefficient (Wildman–Crippen LogP) is 2.34. The average molecular weight is 270 g/mol. The Bertz CT molecular complexity index is 582. The van der Waals surface area contributed by atoms with E-state index in [0.717, 1.165) is 12.8 Å². The molecular formula is C16H18N2O2. The number of anilines is 1. The monoisotopic (exact) mass is 270 g/mol. The number of hydrogen-bond acceptors (Lipinski definition) is 3. The van der Waals surface area contributed by atoms with Crippen molar-refractivity contribution in [2.24, 2.45) is 0 Å². The fourth-order valence-electron chi connectivity index (χ4n) is 1.97. The van der Waals surface area contributed by atoms with Gasteiger partial charge in [0.15, 0.2) is 0 Å². The number of hydrogen-bond donors (Lipinski definition) is 3. The first kappa shape index (κ1) is 13.9. The number of nitrogens with two attached hydrogens (primary N) is 1. The molecule has 0 radical (unpaired) electrons. The van der Waals surface area contributed by atoms with Crippen molar-refractivity contribution < 1.29 is 9.90 Å². The summed E-state index contributed by atoms with van der Waals surface area (Å²) in [6.45, 7) is 0.558. The molecule has 20 heavy (non-hydrogen) atoms. The van der Waals surface area contributed by atoms with Gasteiger partial charge in [-0.2, -0.15) is 0 Å². The van der Waals surface area contributed by atoms with Gasteiger partial charge in [0.2, 0.25) is 0 Å². The number of rotatable bonds is 5. The summed E-state index contributed by atoms with van der Waals surface area (Å²) in [6, 6.07) is 14.6. The van der Waals surface area contributed by atoms with Gasteiger partial charge in [-0.3, -0.25) is 4.79 Å². The highest BCUT2D eigenvalue weighted by Crippen LogP contribution is 2.19. The van der Waals surface area contributed by atoms with E-state index in [4.69, 9.17) is 5.73 Å². The number of carbonyl (C=O) groups is 1. The third-order valence-electron chi connectivity index (χ3n) is 3.04. The second-order valence-corrected chi connectivity index (χ2v) is 4.62. The maximum Gasteiger partial charge on any atom is 0.255 e. The number of amides is 1. The minimum absolute atomic E-state index is 0.0558. The van der Waals surface area contributed by atoms with Crippen LogP contribution >= 0.6 is 0 Å². The molecule has 104 valence electrons. The zero-order valence-corrected chi connectivity index (χ0v) is 11.2. The quantitative estimate of drug-likeness (QED) is 0.443. The van der Waals surface area contributed by atoms with E-state index in [9.17, 15) is 9.90 Å². The van der Waals surface area contributed by atoms with Crippen LogP contribution in [0.4, 0.5) is 5.69 Å². The molecule has 1 amide bonds. The Hall–Kier alpha value is -2.49. The van der Waals surface area contributed by atoms with Crippen molar-refractivity contribution in [2.45, 2.75) is 12.8 Å². The van der Waals surface area contributed by atoms with E-state index in [1.165, 1.54) is 17.7 Å². The van der Waals surface area contributed by atoms with Gasteiger partial charge in [0, 0.05) is 12.2 Å². The molecule has 2 aromatic rings. The minimum Gasteiger partial charge on any atom is -0.507 e. The van der Waals surface area contributed by atoms with Crippen molar-refractivity contribution in [3.05, 3.63) is 59.7 Å². The first-order valence-corrected chi connectivity index (χ1v) is 6.57. The molecule has 0 aromatic heterocycles. The molecule has 2 rings (SSSR count). The highest BCUT2D eigenvalue weighted by Gasteiger charge is 2.10. The van der Waals surface area contributed by atoms with Gasteiger partial charge in [0.25, 0.3) is 5.91 Å². The largest absolute Gasteiger partial charge is 0.507 e. The first-order valence-electron chi connectivity index (χ1n) is 6.57. The smallest absolute Gasteiger partial charge is 0.255 e. The van der Waals surface area contributed by atoms with Crippen molar-refractivity contribution >= 4 is 11.6 Å². The van der Waals surface area contributed by atoms with Crippen molar-refractivity contribution in [2.75, 3.05) is 12.3 Å². The molecular weight excluding hydrogens is 252 g/mol. The third kappa shape index (κ3) is 3.75. The average Bonchev–Trinajstić information content (AvgIpc) is 2.47. The molecule has 0 atom stereocenters. The lowest BCUT2D eigenvalue weighted by Crippen LogP contribution is -2.25. The van der Waals surface area contributed by atoms with Gasteiger partial charge < -0.3 is 16.2 Å². The van der Waals surface area contributed by atoms with E-state index in [-0.39, 0.29) is 17.2 Å². The Morgan fingerprint density at radius 1 is 1.15 bits per heavy atom. The number of phenols is 1. The third-order valence-corrected chi connectivity index (χ3v) is 3.04. The number of carbonyl (C=O) groups excluding carboxylic acids is 1. The van der Waals surface area contributed by atoms with Crippen LogP contribution in [-0.4, -0.2) is 17.6 Å². The standard InChI is InChI=1S/C16H18N2O2/c17-13-8-9-15(19)14(11-13)16(20)18-10-4-7-12-5-2-1-3-6-12/h1-3,5-6,8-9,11,19H,4,7,10,17H2,(H,18,20). The fourth-order valence-corrected chi connectivity index (χ4v) is 1.97. The zero-order chi connectivity index (χ0) is 14.4. The second kappa shape index (κ2) is 6.61. The maximum absolute atomic E-state index is 11.9. The zero-order valence-electron chi connectivity index (χ0n) is 11.2. The number of nitrogen functional groups attached to an aromatic ring is 1. The minimum atomic E-state index is -0.303. The number of nitrogens with one attached hydrogen (secondary N) is 1. The van der Waals surface area contributed by atoms with E-state index < -0.39 is 0 Å². The summed E-state index contributed by atoms with van der Waals surface area (Å²) in [5.74, 6) is -0.359.